The lowest BCUT2D eigenvalue weighted by Gasteiger charge is -2.36. The van der Waals surface area contributed by atoms with Crippen molar-refractivity contribution in [3.05, 3.63) is 59.9 Å². The molecular formula is C17H19NO3. The lowest BCUT2D eigenvalue weighted by molar-refractivity contribution is -0.0356. The van der Waals surface area contributed by atoms with E-state index in [4.69, 9.17) is 9.47 Å². The second kappa shape index (κ2) is 6.14. The molecule has 1 heterocycles. The highest BCUT2D eigenvalue weighted by Crippen LogP contribution is 2.35. The van der Waals surface area contributed by atoms with E-state index < -0.39 is 0 Å². The highest BCUT2D eigenvalue weighted by atomic mass is 16.5. The first-order valence-corrected chi connectivity index (χ1v) is 7.17. The van der Waals surface area contributed by atoms with Crippen LogP contribution in [0.5, 0.6) is 0 Å². The summed E-state index contributed by atoms with van der Waals surface area (Å²) in [6, 6.07) is 12.4. The minimum absolute atomic E-state index is 0.287. The number of aromatic nitrogens is 1. The SMILES string of the molecule is COC(=O)c1ccn([C@H]2C[C@H](OCc3ccccc3)C2)c1. The zero-order chi connectivity index (χ0) is 14.7. The van der Waals surface area contributed by atoms with Crippen LogP contribution in [0.3, 0.4) is 0 Å². The van der Waals surface area contributed by atoms with Gasteiger partial charge in [-0.2, -0.15) is 0 Å². The number of methoxy groups -OCH3 is 1. The van der Waals surface area contributed by atoms with Crippen molar-refractivity contribution in [1.82, 2.24) is 4.57 Å². The normalized spacial score (nSPS) is 20.8. The first-order chi connectivity index (χ1) is 10.3. The molecule has 3 rings (SSSR count). The number of benzene rings is 1. The molecule has 2 aromatic rings. The molecule has 0 saturated heterocycles. The standard InChI is InChI=1S/C17H19NO3/c1-20-17(19)14-7-8-18(11-14)15-9-16(10-15)21-12-13-5-3-2-4-6-13/h2-8,11,15-16H,9-10,12H2,1H3/t15-,16-. The van der Waals surface area contributed by atoms with E-state index in [-0.39, 0.29) is 5.97 Å². The number of rotatable bonds is 5. The molecule has 1 aliphatic carbocycles. The van der Waals surface area contributed by atoms with Gasteiger partial charge in [0.05, 0.1) is 25.4 Å². The molecule has 0 unspecified atom stereocenters. The van der Waals surface area contributed by atoms with Gasteiger partial charge in [0, 0.05) is 18.4 Å². The summed E-state index contributed by atoms with van der Waals surface area (Å²) in [6.45, 7) is 0.664. The molecule has 0 N–H and O–H groups in total. The number of ether oxygens (including phenoxy) is 2. The van der Waals surface area contributed by atoms with Crippen molar-refractivity contribution in [2.75, 3.05) is 7.11 Å². The number of hydrogen-bond acceptors (Lipinski definition) is 3. The van der Waals surface area contributed by atoms with Crippen LogP contribution >= 0.6 is 0 Å². The quantitative estimate of drug-likeness (QED) is 0.792. The Morgan fingerprint density at radius 1 is 1.24 bits per heavy atom. The van der Waals surface area contributed by atoms with Crippen LogP contribution in [-0.2, 0) is 16.1 Å². The fourth-order valence-electron chi connectivity index (χ4n) is 2.58. The van der Waals surface area contributed by atoms with Gasteiger partial charge in [-0.3, -0.25) is 0 Å². The van der Waals surface area contributed by atoms with Gasteiger partial charge in [0.1, 0.15) is 0 Å². The van der Waals surface area contributed by atoms with Gasteiger partial charge in [0.2, 0.25) is 0 Å². The highest BCUT2D eigenvalue weighted by Gasteiger charge is 2.31. The summed E-state index contributed by atoms with van der Waals surface area (Å²) in [6.07, 6.45) is 6.07. The Kier molecular flexibility index (Phi) is 4.06. The summed E-state index contributed by atoms with van der Waals surface area (Å²) in [4.78, 5) is 11.4. The zero-order valence-corrected chi connectivity index (χ0v) is 12.1. The fraction of sp³-hybridized carbons (Fsp3) is 0.353. The average Bonchev–Trinajstić information content (AvgIpc) is 2.95. The van der Waals surface area contributed by atoms with Crippen LogP contribution in [0.4, 0.5) is 0 Å². The maximum absolute atomic E-state index is 11.4. The third kappa shape index (κ3) is 3.16. The van der Waals surface area contributed by atoms with E-state index >= 15 is 0 Å². The molecule has 0 radical (unpaired) electrons. The number of nitrogens with zero attached hydrogens (tertiary/aromatic N) is 1. The molecule has 1 saturated carbocycles. The molecule has 1 aromatic carbocycles. The second-order valence-electron chi connectivity index (χ2n) is 5.38. The number of esters is 1. The summed E-state index contributed by atoms with van der Waals surface area (Å²) >= 11 is 0. The van der Waals surface area contributed by atoms with Crippen molar-refractivity contribution in [2.24, 2.45) is 0 Å². The van der Waals surface area contributed by atoms with Crippen molar-refractivity contribution in [1.29, 1.82) is 0 Å². The minimum Gasteiger partial charge on any atom is -0.465 e. The van der Waals surface area contributed by atoms with Gasteiger partial charge in [-0.1, -0.05) is 30.3 Å². The molecule has 0 bridgehead atoms. The summed E-state index contributed by atoms with van der Waals surface area (Å²) < 4.78 is 12.7. The highest BCUT2D eigenvalue weighted by molar-refractivity contribution is 5.89. The number of carbonyl (C=O) groups is 1. The minimum atomic E-state index is -0.287. The van der Waals surface area contributed by atoms with Crippen LogP contribution in [0.1, 0.15) is 34.8 Å². The largest absolute Gasteiger partial charge is 0.465 e. The lowest BCUT2D eigenvalue weighted by atomic mass is 9.89. The molecule has 0 atom stereocenters. The van der Waals surface area contributed by atoms with Gasteiger partial charge in [-0.05, 0) is 24.5 Å². The Labute approximate surface area is 124 Å². The molecule has 1 aliphatic rings. The van der Waals surface area contributed by atoms with Crippen LogP contribution in [0.15, 0.2) is 48.8 Å². The van der Waals surface area contributed by atoms with Gasteiger partial charge in [-0.25, -0.2) is 4.79 Å². The average molecular weight is 285 g/mol. The van der Waals surface area contributed by atoms with Crippen molar-refractivity contribution in [2.45, 2.75) is 31.6 Å². The molecule has 0 aliphatic heterocycles. The van der Waals surface area contributed by atoms with E-state index in [2.05, 4.69) is 16.7 Å². The first kappa shape index (κ1) is 13.9. The van der Waals surface area contributed by atoms with E-state index in [0.717, 1.165) is 12.8 Å². The molecule has 0 spiro atoms. The van der Waals surface area contributed by atoms with E-state index in [0.29, 0.717) is 24.3 Å². The molecule has 21 heavy (non-hydrogen) atoms. The van der Waals surface area contributed by atoms with Crippen molar-refractivity contribution >= 4 is 5.97 Å². The summed E-state index contributed by atoms with van der Waals surface area (Å²) in [7, 11) is 1.40. The van der Waals surface area contributed by atoms with Gasteiger partial charge in [0.25, 0.3) is 0 Å². The fourth-order valence-corrected chi connectivity index (χ4v) is 2.58. The van der Waals surface area contributed by atoms with Crippen LogP contribution in [0, 0.1) is 0 Å². The molecule has 110 valence electrons. The van der Waals surface area contributed by atoms with Gasteiger partial charge in [0.15, 0.2) is 0 Å². The smallest absolute Gasteiger partial charge is 0.339 e. The van der Waals surface area contributed by atoms with Crippen molar-refractivity contribution < 1.29 is 14.3 Å². The Morgan fingerprint density at radius 2 is 2.00 bits per heavy atom. The topological polar surface area (TPSA) is 40.5 Å². The van der Waals surface area contributed by atoms with E-state index in [1.807, 2.05) is 30.6 Å². The summed E-state index contributed by atoms with van der Waals surface area (Å²) in [5.74, 6) is -0.287. The third-order valence-corrected chi connectivity index (χ3v) is 3.96. The lowest BCUT2D eigenvalue weighted by Crippen LogP contribution is -2.32. The second-order valence-corrected chi connectivity index (χ2v) is 5.38. The Hall–Kier alpha value is -2.07. The maximum Gasteiger partial charge on any atom is 0.339 e. The first-order valence-electron chi connectivity index (χ1n) is 7.17. The Bertz CT molecular complexity index is 600. The molecule has 0 amide bonds. The van der Waals surface area contributed by atoms with E-state index in [1.165, 1.54) is 12.7 Å². The summed E-state index contributed by atoms with van der Waals surface area (Å²) in [5, 5.41) is 0. The zero-order valence-electron chi connectivity index (χ0n) is 12.1. The number of hydrogen-bond donors (Lipinski definition) is 0. The van der Waals surface area contributed by atoms with Crippen LogP contribution < -0.4 is 0 Å². The molecular weight excluding hydrogens is 266 g/mol. The van der Waals surface area contributed by atoms with Crippen LogP contribution in [0.25, 0.3) is 0 Å². The van der Waals surface area contributed by atoms with Crippen molar-refractivity contribution in [3.63, 3.8) is 0 Å². The third-order valence-electron chi connectivity index (χ3n) is 3.96. The maximum atomic E-state index is 11.4. The predicted octanol–water partition coefficient (Wildman–Crippen LogP) is 3.20. The Balaban J connectivity index is 1.47. The van der Waals surface area contributed by atoms with E-state index in [1.54, 1.807) is 6.07 Å². The molecule has 4 nitrogen and oxygen atoms in total. The number of carbonyl (C=O) groups excluding carboxylic acids is 1. The van der Waals surface area contributed by atoms with Crippen LogP contribution in [0.2, 0.25) is 0 Å². The monoisotopic (exact) mass is 285 g/mol. The van der Waals surface area contributed by atoms with Gasteiger partial charge < -0.3 is 14.0 Å². The Morgan fingerprint density at radius 3 is 2.71 bits per heavy atom. The van der Waals surface area contributed by atoms with Crippen LogP contribution in [-0.4, -0.2) is 23.8 Å². The molecule has 1 aromatic heterocycles. The van der Waals surface area contributed by atoms with Gasteiger partial charge in [-0.15, -0.1) is 0 Å². The predicted molar refractivity (Wildman–Crippen MR) is 79.1 cm³/mol. The molecule has 4 heteroatoms. The van der Waals surface area contributed by atoms with E-state index in [9.17, 15) is 4.79 Å². The van der Waals surface area contributed by atoms with Crippen molar-refractivity contribution in [3.8, 4) is 0 Å². The summed E-state index contributed by atoms with van der Waals surface area (Å²) in [5.41, 5.74) is 1.81. The molecule has 1 fully saturated rings. The van der Waals surface area contributed by atoms with Gasteiger partial charge >= 0.3 is 5.97 Å².